The van der Waals surface area contributed by atoms with E-state index in [2.05, 4.69) is 4.98 Å². The summed E-state index contributed by atoms with van der Waals surface area (Å²) in [5.41, 5.74) is 2.51. The maximum atomic E-state index is 12.9. The molecule has 0 aliphatic carbocycles. The third-order valence-corrected chi connectivity index (χ3v) is 5.64. The summed E-state index contributed by atoms with van der Waals surface area (Å²) in [5, 5.41) is 0. The monoisotopic (exact) mass is 394 g/mol. The number of ether oxygens (including phenoxy) is 1. The molecule has 1 aliphatic rings. The SMILES string of the molecule is COC(c1ccccc1)c1nc2c(o1)CCN(C(=O)c1cccc(SC)c1)C2. The molecule has 6 heteroatoms. The van der Waals surface area contributed by atoms with Gasteiger partial charge in [-0.1, -0.05) is 36.4 Å². The molecule has 1 aliphatic heterocycles. The maximum absolute atomic E-state index is 12.9. The summed E-state index contributed by atoms with van der Waals surface area (Å²) in [6.07, 6.45) is 2.31. The standard InChI is InChI=1S/C22H22N2O3S/c1-26-20(15-7-4-3-5-8-15)21-23-18-14-24(12-11-19(18)27-21)22(25)16-9-6-10-17(13-16)28-2/h3-10,13,20H,11-12,14H2,1-2H3. The lowest BCUT2D eigenvalue weighted by Gasteiger charge is -2.25. The quantitative estimate of drug-likeness (QED) is 0.603. The van der Waals surface area contributed by atoms with Gasteiger partial charge in [-0.3, -0.25) is 4.79 Å². The van der Waals surface area contributed by atoms with Crippen LogP contribution in [-0.2, 0) is 17.7 Å². The lowest BCUT2D eigenvalue weighted by Crippen LogP contribution is -2.35. The van der Waals surface area contributed by atoms with E-state index in [1.165, 1.54) is 0 Å². The minimum absolute atomic E-state index is 0.0254. The van der Waals surface area contributed by atoms with Crippen molar-refractivity contribution >= 4 is 17.7 Å². The van der Waals surface area contributed by atoms with Crippen molar-refractivity contribution in [3.05, 3.63) is 83.1 Å². The van der Waals surface area contributed by atoms with Crippen molar-refractivity contribution in [2.75, 3.05) is 19.9 Å². The molecule has 2 heterocycles. The Morgan fingerprint density at radius 3 is 2.79 bits per heavy atom. The molecule has 1 unspecified atom stereocenters. The van der Waals surface area contributed by atoms with Gasteiger partial charge in [-0.05, 0) is 30.0 Å². The van der Waals surface area contributed by atoms with Crippen molar-refractivity contribution in [1.29, 1.82) is 0 Å². The summed E-state index contributed by atoms with van der Waals surface area (Å²) >= 11 is 1.63. The molecule has 2 aromatic carbocycles. The second-order valence-corrected chi connectivity index (χ2v) is 7.54. The summed E-state index contributed by atoms with van der Waals surface area (Å²) in [6.45, 7) is 1.07. The van der Waals surface area contributed by atoms with E-state index in [4.69, 9.17) is 9.15 Å². The van der Waals surface area contributed by atoms with Crippen LogP contribution in [0.3, 0.4) is 0 Å². The maximum Gasteiger partial charge on any atom is 0.254 e. The van der Waals surface area contributed by atoms with Gasteiger partial charge in [-0.25, -0.2) is 4.98 Å². The molecule has 1 aromatic heterocycles. The Morgan fingerprint density at radius 1 is 1.21 bits per heavy atom. The zero-order valence-electron chi connectivity index (χ0n) is 15.9. The number of amides is 1. The van der Waals surface area contributed by atoms with Crippen LogP contribution in [0.4, 0.5) is 0 Å². The van der Waals surface area contributed by atoms with Crippen LogP contribution in [0, 0.1) is 0 Å². The highest BCUT2D eigenvalue weighted by molar-refractivity contribution is 7.98. The van der Waals surface area contributed by atoms with Gasteiger partial charge in [0.2, 0.25) is 5.89 Å². The van der Waals surface area contributed by atoms with Crippen molar-refractivity contribution in [2.24, 2.45) is 0 Å². The van der Waals surface area contributed by atoms with Crippen LogP contribution >= 0.6 is 11.8 Å². The third kappa shape index (κ3) is 3.70. The van der Waals surface area contributed by atoms with Crippen molar-refractivity contribution in [1.82, 2.24) is 9.88 Å². The molecule has 4 rings (SSSR count). The van der Waals surface area contributed by atoms with Gasteiger partial charge in [0.05, 0.1) is 6.54 Å². The highest BCUT2D eigenvalue weighted by Gasteiger charge is 2.29. The summed E-state index contributed by atoms with van der Waals surface area (Å²) < 4.78 is 11.6. The number of carbonyl (C=O) groups excluding carboxylic acids is 1. The molecule has 0 spiro atoms. The van der Waals surface area contributed by atoms with Crippen LogP contribution in [0.5, 0.6) is 0 Å². The number of hydrogen-bond donors (Lipinski definition) is 0. The van der Waals surface area contributed by atoms with Gasteiger partial charge < -0.3 is 14.1 Å². The van der Waals surface area contributed by atoms with E-state index in [-0.39, 0.29) is 12.0 Å². The molecule has 5 nitrogen and oxygen atoms in total. The van der Waals surface area contributed by atoms with E-state index in [1.807, 2.05) is 65.8 Å². The Labute approximate surface area is 168 Å². The summed E-state index contributed by atoms with van der Waals surface area (Å²) in [7, 11) is 1.65. The third-order valence-electron chi connectivity index (χ3n) is 4.91. The van der Waals surface area contributed by atoms with Crippen molar-refractivity contribution < 1.29 is 13.9 Å². The predicted molar refractivity (Wildman–Crippen MR) is 108 cm³/mol. The van der Waals surface area contributed by atoms with Crippen LogP contribution in [0.15, 0.2) is 63.9 Å². The number of nitrogens with zero attached hydrogens (tertiary/aromatic N) is 2. The first-order valence-corrected chi connectivity index (χ1v) is 10.4. The first-order chi connectivity index (χ1) is 13.7. The van der Waals surface area contributed by atoms with Crippen molar-refractivity contribution in [2.45, 2.75) is 24.0 Å². The number of aromatic nitrogens is 1. The van der Waals surface area contributed by atoms with Crippen LogP contribution in [0.1, 0.15) is 39.4 Å². The van der Waals surface area contributed by atoms with Crippen LogP contribution < -0.4 is 0 Å². The molecule has 0 N–H and O–H groups in total. The van der Waals surface area contributed by atoms with E-state index >= 15 is 0 Å². The second-order valence-electron chi connectivity index (χ2n) is 6.66. The topological polar surface area (TPSA) is 55.6 Å². The first kappa shape index (κ1) is 18.8. The Balaban J connectivity index is 1.55. The highest BCUT2D eigenvalue weighted by atomic mass is 32.2. The smallest absolute Gasteiger partial charge is 0.254 e. The number of oxazole rings is 1. The Hall–Kier alpha value is -2.57. The summed E-state index contributed by atoms with van der Waals surface area (Å²) in [5.74, 6) is 1.41. The average molecular weight is 394 g/mol. The molecule has 144 valence electrons. The number of fused-ring (bicyclic) bond motifs is 1. The van der Waals surface area contributed by atoms with Gasteiger partial charge in [-0.15, -0.1) is 11.8 Å². The minimum Gasteiger partial charge on any atom is -0.442 e. The molecule has 0 bridgehead atoms. The Bertz CT molecular complexity index is 971. The second kappa shape index (κ2) is 8.20. The van der Waals surface area contributed by atoms with Gasteiger partial charge in [0.15, 0.2) is 6.10 Å². The van der Waals surface area contributed by atoms with E-state index in [9.17, 15) is 4.79 Å². The molecule has 0 saturated carbocycles. The fourth-order valence-electron chi connectivity index (χ4n) is 3.45. The number of thioether (sulfide) groups is 1. The van der Waals surface area contributed by atoms with E-state index < -0.39 is 0 Å². The number of hydrogen-bond acceptors (Lipinski definition) is 5. The van der Waals surface area contributed by atoms with E-state index in [1.54, 1.807) is 18.9 Å². The molecule has 1 atom stereocenters. The average Bonchev–Trinajstić information content (AvgIpc) is 3.17. The summed E-state index contributed by atoms with van der Waals surface area (Å²) in [4.78, 5) is 20.5. The van der Waals surface area contributed by atoms with Crippen LogP contribution in [0.25, 0.3) is 0 Å². The lowest BCUT2D eigenvalue weighted by atomic mass is 10.1. The Kier molecular flexibility index (Phi) is 5.50. The Morgan fingerprint density at radius 2 is 2.04 bits per heavy atom. The number of benzene rings is 2. The van der Waals surface area contributed by atoms with Gasteiger partial charge in [0.25, 0.3) is 5.91 Å². The van der Waals surface area contributed by atoms with Gasteiger partial charge in [0, 0.05) is 30.5 Å². The molecule has 0 fully saturated rings. The van der Waals surface area contributed by atoms with Gasteiger partial charge in [0.1, 0.15) is 11.5 Å². The van der Waals surface area contributed by atoms with Gasteiger partial charge in [-0.2, -0.15) is 0 Å². The minimum atomic E-state index is -0.353. The van der Waals surface area contributed by atoms with E-state index in [0.29, 0.717) is 31.0 Å². The number of rotatable bonds is 5. The molecule has 28 heavy (non-hydrogen) atoms. The van der Waals surface area contributed by atoms with Crippen molar-refractivity contribution in [3.8, 4) is 0 Å². The van der Waals surface area contributed by atoms with Crippen LogP contribution in [0.2, 0.25) is 0 Å². The highest BCUT2D eigenvalue weighted by Crippen LogP contribution is 2.29. The lowest BCUT2D eigenvalue weighted by molar-refractivity contribution is 0.0726. The largest absolute Gasteiger partial charge is 0.442 e. The first-order valence-electron chi connectivity index (χ1n) is 9.19. The predicted octanol–water partition coefficient (Wildman–Crippen LogP) is 4.33. The van der Waals surface area contributed by atoms with Gasteiger partial charge >= 0.3 is 0 Å². The zero-order chi connectivity index (χ0) is 19.5. The fourth-order valence-corrected chi connectivity index (χ4v) is 3.91. The molecule has 3 aromatic rings. The molecule has 1 amide bonds. The van der Waals surface area contributed by atoms with Crippen LogP contribution in [-0.4, -0.2) is 35.7 Å². The summed E-state index contributed by atoms with van der Waals surface area (Å²) in [6, 6.07) is 17.6. The molecular weight excluding hydrogens is 372 g/mol. The fraction of sp³-hybridized carbons (Fsp3) is 0.273. The zero-order valence-corrected chi connectivity index (χ0v) is 16.7. The van der Waals surface area contributed by atoms with Crippen molar-refractivity contribution in [3.63, 3.8) is 0 Å². The number of methoxy groups -OCH3 is 1. The molecule has 0 saturated heterocycles. The molecular formula is C22H22N2O3S. The molecule has 0 radical (unpaired) electrons. The van der Waals surface area contributed by atoms with E-state index in [0.717, 1.165) is 21.9 Å². The normalized spacial score (nSPS) is 14.6. The number of carbonyl (C=O) groups is 1.